The highest BCUT2D eigenvalue weighted by molar-refractivity contribution is 6.33. The van der Waals surface area contributed by atoms with E-state index in [4.69, 9.17) is 11.6 Å². The Morgan fingerprint density at radius 3 is 2.44 bits per heavy atom. The predicted molar refractivity (Wildman–Crippen MR) is 107 cm³/mol. The van der Waals surface area contributed by atoms with E-state index in [1.807, 2.05) is 31.7 Å². The topological polar surface area (TPSA) is 52.6 Å². The van der Waals surface area contributed by atoms with E-state index in [0.717, 1.165) is 5.56 Å². The first kappa shape index (κ1) is 21.4. The van der Waals surface area contributed by atoms with Crippen LogP contribution in [0.1, 0.15) is 31.1 Å². The van der Waals surface area contributed by atoms with Crippen molar-refractivity contribution in [2.24, 2.45) is 5.92 Å². The molecule has 2 aromatic rings. The molecule has 27 heavy (non-hydrogen) atoms. The molecule has 0 aromatic heterocycles. The first-order valence-electron chi connectivity index (χ1n) is 8.96. The number of rotatable bonds is 8. The molecule has 6 heteroatoms. The molecule has 0 bridgehead atoms. The molecule has 1 atom stereocenters. The third-order valence-electron chi connectivity index (χ3n) is 4.08. The Kier molecular flexibility index (Phi) is 7.78. The van der Waals surface area contributed by atoms with Gasteiger partial charge in [0, 0.05) is 13.1 Å². The quantitative estimate of drug-likeness (QED) is 0.699. The number of carbonyl (C=O) groups is 1. The lowest BCUT2D eigenvalue weighted by molar-refractivity contribution is -0.117. The average Bonchev–Trinajstić information content (AvgIpc) is 2.57. The van der Waals surface area contributed by atoms with Gasteiger partial charge in [0.1, 0.15) is 5.82 Å². The molecule has 0 spiro atoms. The fraction of sp³-hybridized carbons (Fsp3) is 0.381. The molecule has 0 aliphatic carbocycles. The van der Waals surface area contributed by atoms with Crippen molar-refractivity contribution in [1.82, 2.24) is 4.90 Å². The molecule has 1 amide bonds. The van der Waals surface area contributed by atoms with Crippen LogP contribution in [0.25, 0.3) is 0 Å². The maximum Gasteiger partial charge on any atom is 0.238 e. The molecule has 4 nitrogen and oxygen atoms in total. The lowest BCUT2D eigenvalue weighted by Crippen LogP contribution is -2.38. The normalized spacial score (nSPS) is 12.4. The number of hydrogen-bond donors (Lipinski definition) is 2. The van der Waals surface area contributed by atoms with Gasteiger partial charge in [-0.25, -0.2) is 4.39 Å². The molecule has 1 unspecified atom stereocenters. The number of carbonyl (C=O) groups excluding carboxylic acids is 1. The summed E-state index contributed by atoms with van der Waals surface area (Å²) in [4.78, 5) is 14.3. The zero-order valence-electron chi connectivity index (χ0n) is 15.9. The molecule has 2 N–H and O–H groups in total. The van der Waals surface area contributed by atoms with E-state index < -0.39 is 6.10 Å². The molecule has 0 aliphatic heterocycles. The molecule has 0 heterocycles. The summed E-state index contributed by atoms with van der Waals surface area (Å²) in [6.45, 7) is 7.07. The Morgan fingerprint density at radius 1 is 1.19 bits per heavy atom. The van der Waals surface area contributed by atoms with Crippen LogP contribution < -0.4 is 5.32 Å². The number of nitrogens with one attached hydrogen (secondary N) is 1. The van der Waals surface area contributed by atoms with Gasteiger partial charge in [0.25, 0.3) is 0 Å². The van der Waals surface area contributed by atoms with Crippen molar-refractivity contribution < 1.29 is 14.3 Å². The van der Waals surface area contributed by atoms with Crippen molar-refractivity contribution >= 4 is 23.2 Å². The molecule has 2 aromatic carbocycles. The van der Waals surface area contributed by atoms with Crippen molar-refractivity contribution in [3.05, 3.63) is 64.4 Å². The van der Waals surface area contributed by atoms with Gasteiger partial charge in [0.2, 0.25) is 5.91 Å². The first-order chi connectivity index (χ1) is 12.7. The summed E-state index contributed by atoms with van der Waals surface area (Å²) in [5.41, 5.74) is 2.20. The Hall–Kier alpha value is -1.95. The molecule has 146 valence electrons. The fourth-order valence-electron chi connectivity index (χ4n) is 2.87. The number of anilines is 1. The van der Waals surface area contributed by atoms with Gasteiger partial charge in [-0.05, 0) is 48.2 Å². The Morgan fingerprint density at radius 2 is 1.85 bits per heavy atom. The number of benzene rings is 2. The third-order valence-corrected chi connectivity index (χ3v) is 4.39. The lowest BCUT2D eigenvalue weighted by Gasteiger charge is -2.26. The van der Waals surface area contributed by atoms with Crippen LogP contribution in [-0.2, 0) is 4.79 Å². The minimum atomic E-state index is -0.805. The maximum absolute atomic E-state index is 13.1. The van der Waals surface area contributed by atoms with Crippen LogP contribution in [0.5, 0.6) is 0 Å². The predicted octanol–water partition coefficient (Wildman–Crippen LogP) is 4.42. The van der Waals surface area contributed by atoms with E-state index in [2.05, 4.69) is 5.32 Å². The number of aryl methyl sites for hydroxylation is 1. The first-order valence-corrected chi connectivity index (χ1v) is 9.34. The van der Waals surface area contributed by atoms with Gasteiger partial charge < -0.3 is 10.4 Å². The van der Waals surface area contributed by atoms with E-state index >= 15 is 0 Å². The maximum atomic E-state index is 13.1. The third kappa shape index (κ3) is 6.94. The van der Waals surface area contributed by atoms with E-state index in [0.29, 0.717) is 28.7 Å². The van der Waals surface area contributed by atoms with Crippen LogP contribution in [-0.4, -0.2) is 35.5 Å². The van der Waals surface area contributed by atoms with Crippen molar-refractivity contribution in [1.29, 1.82) is 0 Å². The largest absolute Gasteiger partial charge is 0.387 e. The summed E-state index contributed by atoms with van der Waals surface area (Å²) >= 11 is 6.17. The number of nitrogens with zero attached hydrogens (tertiary/aromatic N) is 1. The molecule has 2 rings (SSSR count). The van der Waals surface area contributed by atoms with Gasteiger partial charge in [0.15, 0.2) is 0 Å². The molecule has 0 saturated carbocycles. The highest BCUT2D eigenvalue weighted by atomic mass is 35.5. The number of hydrogen-bond acceptors (Lipinski definition) is 3. The molecule has 0 fully saturated rings. The van der Waals surface area contributed by atoms with Gasteiger partial charge in [-0.1, -0.05) is 43.6 Å². The number of halogens is 2. The van der Waals surface area contributed by atoms with Gasteiger partial charge in [-0.15, -0.1) is 0 Å². The monoisotopic (exact) mass is 392 g/mol. The summed E-state index contributed by atoms with van der Waals surface area (Å²) in [7, 11) is 0. The Labute approximate surface area is 165 Å². The van der Waals surface area contributed by atoms with E-state index in [9.17, 15) is 14.3 Å². The number of aliphatic hydroxyl groups is 1. The van der Waals surface area contributed by atoms with Crippen LogP contribution in [0.15, 0.2) is 42.5 Å². The summed E-state index contributed by atoms with van der Waals surface area (Å²) in [6.07, 6.45) is -0.805. The van der Waals surface area contributed by atoms with E-state index in [-0.39, 0.29) is 24.8 Å². The van der Waals surface area contributed by atoms with Crippen LogP contribution in [0.2, 0.25) is 5.02 Å². The van der Waals surface area contributed by atoms with Gasteiger partial charge >= 0.3 is 0 Å². The van der Waals surface area contributed by atoms with Crippen LogP contribution in [0, 0.1) is 18.7 Å². The molecular weight excluding hydrogens is 367 g/mol. The molecule has 0 aliphatic rings. The standard InChI is InChI=1S/C21H26ClFN2O2/c1-14(2)11-25(12-20(26)16-5-7-17(23)8-6-16)13-21(27)24-19-9-4-15(3)10-18(19)22/h4-10,14,20,26H,11-13H2,1-3H3,(H,24,27). The Balaban J connectivity index is 2.02. The highest BCUT2D eigenvalue weighted by Crippen LogP contribution is 2.23. The SMILES string of the molecule is Cc1ccc(NC(=O)CN(CC(C)C)CC(O)c2ccc(F)cc2)c(Cl)c1. The summed E-state index contributed by atoms with van der Waals surface area (Å²) in [5.74, 6) is -0.228. The number of aliphatic hydroxyl groups excluding tert-OH is 1. The van der Waals surface area contributed by atoms with Crippen molar-refractivity contribution in [2.45, 2.75) is 26.9 Å². The molecular formula is C21H26ClFN2O2. The van der Waals surface area contributed by atoms with Gasteiger partial charge in [0.05, 0.1) is 23.4 Å². The van der Waals surface area contributed by atoms with Crippen molar-refractivity contribution in [2.75, 3.05) is 25.0 Å². The van der Waals surface area contributed by atoms with Gasteiger partial charge in [-0.3, -0.25) is 9.69 Å². The van der Waals surface area contributed by atoms with Crippen LogP contribution in [0.3, 0.4) is 0 Å². The average molecular weight is 393 g/mol. The highest BCUT2D eigenvalue weighted by Gasteiger charge is 2.18. The summed E-state index contributed by atoms with van der Waals surface area (Å²) in [6, 6.07) is 11.2. The fourth-order valence-corrected chi connectivity index (χ4v) is 3.15. The zero-order chi connectivity index (χ0) is 20.0. The molecule has 0 saturated heterocycles. The Bertz CT molecular complexity index is 765. The number of amides is 1. The second-order valence-electron chi connectivity index (χ2n) is 7.19. The van der Waals surface area contributed by atoms with E-state index in [1.54, 1.807) is 24.3 Å². The lowest BCUT2D eigenvalue weighted by atomic mass is 10.1. The van der Waals surface area contributed by atoms with Crippen LogP contribution >= 0.6 is 11.6 Å². The molecule has 0 radical (unpaired) electrons. The second kappa shape index (κ2) is 9.83. The van der Waals surface area contributed by atoms with Crippen molar-refractivity contribution in [3.8, 4) is 0 Å². The second-order valence-corrected chi connectivity index (χ2v) is 7.59. The van der Waals surface area contributed by atoms with E-state index in [1.165, 1.54) is 12.1 Å². The zero-order valence-corrected chi connectivity index (χ0v) is 16.6. The summed E-state index contributed by atoms with van der Waals surface area (Å²) < 4.78 is 13.1. The summed E-state index contributed by atoms with van der Waals surface area (Å²) in [5, 5.41) is 13.8. The minimum absolute atomic E-state index is 0.126. The van der Waals surface area contributed by atoms with Crippen LogP contribution in [0.4, 0.5) is 10.1 Å². The minimum Gasteiger partial charge on any atom is -0.387 e. The van der Waals surface area contributed by atoms with Crippen molar-refractivity contribution in [3.63, 3.8) is 0 Å². The van der Waals surface area contributed by atoms with Gasteiger partial charge in [-0.2, -0.15) is 0 Å². The smallest absolute Gasteiger partial charge is 0.238 e.